The molecule has 3 aliphatic rings. The maximum absolute atomic E-state index is 5.90. The molecular formula is C13H19BO2. The molecule has 0 aromatic heterocycles. The quantitative estimate of drug-likeness (QED) is 0.629. The van der Waals surface area contributed by atoms with E-state index < -0.39 is 0 Å². The maximum atomic E-state index is 5.90. The summed E-state index contributed by atoms with van der Waals surface area (Å²) < 4.78 is 11.6. The Hall–Kier alpha value is -0.695. The molecule has 2 nitrogen and oxygen atoms in total. The highest BCUT2D eigenvalue weighted by atomic mass is 16.7. The van der Waals surface area contributed by atoms with Gasteiger partial charge in [0.2, 0.25) is 0 Å². The van der Waals surface area contributed by atoms with Crippen molar-refractivity contribution in [1.29, 1.82) is 0 Å². The average molecular weight is 218 g/mol. The lowest BCUT2D eigenvalue weighted by Crippen LogP contribution is -2.27. The third-order valence-electron chi connectivity index (χ3n) is 4.32. The minimum atomic E-state index is -0.333. The zero-order valence-electron chi connectivity index (χ0n) is 10.2. The molecule has 86 valence electrons. The Morgan fingerprint density at radius 3 is 2.50 bits per heavy atom. The first-order chi connectivity index (χ1) is 7.51. The van der Waals surface area contributed by atoms with Crippen LogP contribution in [0.2, 0.25) is 0 Å². The average Bonchev–Trinajstić information content (AvgIpc) is 2.91. The summed E-state index contributed by atoms with van der Waals surface area (Å²) >= 11 is 0. The summed E-state index contributed by atoms with van der Waals surface area (Å²) in [6, 6.07) is 0. The van der Waals surface area contributed by atoms with Gasteiger partial charge in [0.1, 0.15) is 5.60 Å². The Bertz CT molecular complexity index is 366. The topological polar surface area (TPSA) is 18.5 Å². The van der Waals surface area contributed by atoms with Crippen molar-refractivity contribution in [3.8, 4) is 0 Å². The molecule has 1 saturated carbocycles. The first kappa shape index (κ1) is 10.5. The summed E-state index contributed by atoms with van der Waals surface area (Å²) in [5.74, 6) is 0.755. The number of allylic oxidation sites excluding steroid dienone is 2. The first-order valence-corrected chi connectivity index (χ1v) is 6.24. The Balaban J connectivity index is 1.71. The lowest BCUT2D eigenvalue weighted by molar-refractivity contribution is 0.171. The third kappa shape index (κ3) is 1.62. The third-order valence-corrected chi connectivity index (χ3v) is 4.32. The van der Waals surface area contributed by atoms with Crippen molar-refractivity contribution in [2.45, 2.75) is 51.6 Å². The van der Waals surface area contributed by atoms with Gasteiger partial charge < -0.3 is 9.31 Å². The molecule has 2 fully saturated rings. The van der Waals surface area contributed by atoms with E-state index in [-0.39, 0.29) is 12.7 Å². The van der Waals surface area contributed by atoms with Crippen molar-refractivity contribution in [2.24, 2.45) is 5.41 Å². The molecule has 1 aliphatic heterocycles. The van der Waals surface area contributed by atoms with Gasteiger partial charge in [-0.25, -0.2) is 0 Å². The lowest BCUT2D eigenvalue weighted by Gasteiger charge is -2.22. The summed E-state index contributed by atoms with van der Waals surface area (Å²) in [5, 5.41) is 0. The van der Waals surface area contributed by atoms with Crippen LogP contribution in [-0.4, -0.2) is 12.7 Å². The van der Waals surface area contributed by atoms with Crippen LogP contribution in [0.25, 0.3) is 0 Å². The Kier molecular flexibility index (Phi) is 2.07. The molecule has 0 radical (unpaired) electrons. The predicted octanol–water partition coefficient (Wildman–Crippen LogP) is 3.24. The van der Waals surface area contributed by atoms with Gasteiger partial charge in [0.15, 0.2) is 0 Å². The smallest absolute Gasteiger partial charge is 0.534 e. The molecule has 0 N–H and O–H groups in total. The zero-order valence-corrected chi connectivity index (χ0v) is 10.2. The fourth-order valence-corrected chi connectivity index (χ4v) is 2.59. The van der Waals surface area contributed by atoms with E-state index in [1.807, 2.05) is 13.8 Å². The Labute approximate surface area is 97.8 Å². The van der Waals surface area contributed by atoms with Crippen molar-refractivity contribution in [3.63, 3.8) is 0 Å². The fraction of sp³-hybridized carbons (Fsp3) is 0.692. The number of hydrogen-bond donors (Lipinski definition) is 0. The van der Waals surface area contributed by atoms with E-state index in [4.69, 9.17) is 9.31 Å². The highest BCUT2D eigenvalue weighted by Gasteiger charge is 2.48. The first-order valence-electron chi connectivity index (χ1n) is 6.24. The van der Waals surface area contributed by atoms with Gasteiger partial charge in [0.25, 0.3) is 0 Å². The minimum Gasteiger partial charge on any atom is -0.534 e. The van der Waals surface area contributed by atoms with E-state index in [0.717, 1.165) is 12.2 Å². The van der Waals surface area contributed by atoms with Crippen LogP contribution < -0.4 is 0 Å². The van der Waals surface area contributed by atoms with Crippen molar-refractivity contribution in [1.82, 2.24) is 0 Å². The van der Waals surface area contributed by atoms with Crippen LogP contribution >= 0.6 is 0 Å². The predicted molar refractivity (Wildman–Crippen MR) is 64.7 cm³/mol. The second kappa shape index (κ2) is 3.16. The standard InChI is InChI=1S/C13H19BO2/c1-10-12(2,3)16-14(15-10)11-4-6-13(7-5-11)8-9-13/h4H,1,5-9H2,2-3H3. The molecule has 2 aliphatic carbocycles. The summed E-state index contributed by atoms with van der Waals surface area (Å²) in [6.07, 6.45) is 8.85. The van der Waals surface area contributed by atoms with E-state index in [0.29, 0.717) is 5.41 Å². The van der Waals surface area contributed by atoms with Gasteiger partial charge in [-0.15, -0.1) is 0 Å². The molecule has 3 rings (SSSR count). The van der Waals surface area contributed by atoms with Crippen molar-refractivity contribution in [3.05, 3.63) is 23.9 Å². The van der Waals surface area contributed by atoms with Gasteiger partial charge in [0.05, 0.1) is 5.76 Å². The van der Waals surface area contributed by atoms with Gasteiger partial charge in [-0.1, -0.05) is 12.7 Å². The van der Waals surface area contributed by atoms with Crippen molar-refractivity contribution < 1.29 is 9.31 Å². The minimum absolute atomic E-state index is 0.168. The summed E-state index contributed by atoms with van der Waals surface area (Å²) in [4.78, 5) is 0. The van der Waals surface area contributed by atoms with E-state index in [1.165, 1.54) is 31.2 Å². The van der Waals surface area contributed by atoms with Gasteiger partial charge in [-0.2, -0.15) is 0 Å². The summed E-state index contributed by atoms with van der Waals surface area (Å²) in [6.45, 7) is 7.95. The molecule has 0 bridgehead atoms. The van der Waals surface area contributed by atoms with Crippen LogP contribution in [0.1, 0.15) is 46.0 Å². The second-order valence-corrected chi connectivity index (χ2v) is 5.98. The zero-order chi connectivity index (χ0) is 11.4. The van der Waals surface area contributed by atoms with E-state index in [1.54, 1.807) is 0 Å². The molecule has 3 heteroatoms. The molecular weight excluding hydrogens is 199 g/mol. The second-order valence-electron chi connectivity index (χ2n) is 5.98. The lowest BCUT2D eigenvalue weighted by atomic mass is 9.70. The normalized spacial score (nSPS) is 30.2. The van der Waals surface area contributed by atoms with Crippen LogP contribution in [-0.2, 0) is 9.31 Å². The Morgan fingerprint density at radius 2 is 2.06 bits per heavy atom. The highest BCUT2D eigenvalue weighted by Crippen LogP contribution is 2.56. The maximum Gasteiger partial charge on any atom is 0.558 e. The molecule has 0 aromatic rings. The van der Waals surface area contributed by atoms with Crippen molar-refractivity contribution >= 4 is 7.12 Å². The van der Waals surface area contributed by atoms with Gasteiger partial charge in [-0.05, 0) is 56.8 Å². The number of hydrogen-bond acceptors (Lipinski definition) is 2. The Morgan fingerprint density at radius 1 is 1.31 bits per heavy atom. The van der Waals surface area contributed by atoms with E-state index in [2.05, 4.69) is 12.7 Å². The molecule has 0 aromatic carbocycles. The van der Waals surface area contributed by atoms with Crippen LogP contribution in [0.5, 0.6) is 0 Å². The summed E-state index contributed by atoms with van der Waals surface area (Å²) in [5.41, 5.74) is 1.67. The van der Waals surface area contributed by atoms with E-state index >= 15 is 0 Å². The van der Waals surface area contributed by atoms with E-state index in [9.17, 15) is 0 Å². The molecule has 16 heavy (non-hydrogen) atoms. The summed E-state index contributed by atoms with van der Waals surface area (Å²) in [7, 11) is -0.168. The van der Waals surface area contributed by atoms with Gasteiger partial charge in [-0.3, -0.25) is 0 Å². The van der Waals surface area contributed by atoms with Crippen LogP contribution in [0, 0.1) is 5.41 Å². The fourth-order valence-electron chi connectivity index (χ4n) is 2.59. The monoisotopic (exact) mass is 218 g/mol. The molecule has 0 amide bonds. The number of rotatable bonds is 1. The van der Waals surface area contributed by atoms with Crippen LogP contribution in [0.4, 0.5) is 0 Å². The molecule has 1 spiro atoms. The highest BCUT2D eigenvalue weighted by molar-refractivity contribution is 6.55. The molecule has 1 saturated heterocycles. The molecule has 0 atom stereocenters. The van der Waals surface area contributed by atoms with Crippen LogP contribution in [0.3, 0.4) is 0 Å². The van der Waals surface area contributed by atoms with Gasteiger partial charge in [0, 0.05) is 0 Å². The van der Waals surface area contributed by atoms with Crippen LogP contribution in [0.15, 0.2) is 23.9 Å². The van der Waals surface area contributed by atoms with Crippen molar-refractivity contribution in [2.75, 3.05) is 0 Å². The van der Waals surface area contributed by atoms with Gasteiger partial charge >= 0.3 is 7.12 Å². The largest absolute Gasteiger partial charge is 0.558 e. The molecule has 1 heterocycles. The SMILES string of the molecule is C=C1OB(C2=CCC3(CC2)CC3)OC1(C)C. The molecule has 0 unspecified atom stereocenters.